The minimum atomic E-state index is -0.940. The zero-order valence-corrected chi connectivity index (χ0v) is 23.5. The fourth-order valence-electron chi connectivity index (χ4n) is 6.29. The van der Waals surface area contributed by atoms with Gasteiger partial charge < -0.3 is 14.4 Å². The molecule has 6 nitrogen and oxygen atoms in total. The Labute approximate surface area is 244 Å². The van der Waals surface area contributed by atoms with Gasteiger partial charge in [-0.1, -0.05) is 61.7 Å². The molecule has 0 bridgehead atoms. The molecule has 0 radical (unpaired) electrons. The number of benzene rings is 4. The van der Waals surface area contributed by atoms with Gasteiger partial charge in [0.2, 0.25) is 0 Å². The molecule has 1 saturated carbocycles. The third kappa shape index (κ3) is 4.69. The number of nitrogens with zero attached hydrogens (tertiary/aromatic N) is 3. The smallest absolute Gasteiger partial charge is 0.335 e. The second kappa shape index (κ2) is 10.8. The molecule has 42 heavy (non-hydrogen) atoms. The highest BCUT2D eigenvalue weighted by molar-refractivity contribution is 5.94. The van der Waals surface area contributed by atoms with Crippen molar-refractivity contribution in [3.05, 3.63) is 103 Å². The Morgan fingerprint density at radius 3 is 2.40 bits per heavy atom. The van der Waals surface area contributed by atoms with Crippen LogP contribution < -0.4 is 4.74 Å². The zero-order chi connectivity index (χ0) is 28.6. The standard InChI is InChI=1S/C36H31N3O3/c1-42-28-15-16-29(23-8-4-2-5-9-23)30(22-28)32-18-12-24-20-25(13-17-31(24)37-32)35-38-33-21-26(36(40)41)14-19-34(33)39(35)27-10-6-3-7-11-27/h2,4-5,8-9,12-22,27H,3,6-7,10-11H2,1H3,(H,40,41). The van der Waals surface area contributed by atoms with Crippen LogP contribution in [0.15, 0.2) is 97.1 Å². The molecule has 1 fully saturated rings. The van der Waals surface area contributed by atoms with Crippen molar-refractivity contribution >= 4 is 27.9 Å². The predicted molar refractivity (Wildman–Crippen MR) is 167 cm³/mol. The lowest BCUT2D eigenvalue weighted by atomic mass is 9.94. The molecule has 208 valence electrons. The molecule has 2 heterocycles. The van der Waals surface area contributed by atoms with Crippen LogP contribution in [-0.4, -0.2) is 32.7 Å². The number of rotatable bonds is 6. The van der Waals surface area contributed by atoms with Crippen LogP contribution >= 0.6 is 0 Å². The van der Waals surface area contributed by atoms with Crippen molar-refractivity contribution in [1.29, 1.82) is 0 Å². The molecular weight excluding hydrogens is 522 g/mol. The second-order valence-corrected chi connectivity index (χ2v) is 11.0. The largest absolute Gasteiger partial charge is 0.497 e. The van der Waals surface area contributed by atoms with Crippen molar-refractivity contribution in [3.63, 3.8) is 0 Å². The summed E-state index contributed by atoms with van der Waals surface area (Å²) in [6.45, 7) is 0. The molecule has 7 rings (SSSR count). The van der Waals surface area contributed by atoms with Crippen LogP contribution in [0.4, 0.5) is 0 Å². The highest BCUT2D eigenvalue weighted by atomic mass is 16.5. The first kappa shape index (κ1) is 26.0. The molecule has 6 aromatic rings. The maximum atomic E-state index is 11.7. The van der Waals surface area contributed by atoms with E-state index < -0.39 is 5.97 Å². The highest BCUT2D eigenvalue weighted by Crippen LogP contribution is 2.38. The van der Waals surface area contributed by atoms with E-state index in [4.69, 9.17) is 14.7 Å². The molecule has 0 atom stereocenters. The summed E-state index contributed by atoms with van der Waals surface area (Å²) in [4.78, 5) is 21.8. The Balaban J connectivity index is 1.34. The number of aromatic nitrogens is 3. The monoisotopic (exact) mass is 553 g/mol. The number of carboxylic acid groups (broad SMARTS) is 1. The van der Waals surface area contributed by atoms with Gasteiger partial charge in [-0.25, -0.2) is 14.8 Å². The summed E-state index contributed by atoms with van der Waals surface area (Å²) in [5.41, 5.74) is 7.97. The van der Waals surface area contributed by atoms with Gasteiger partial charge in [0, 0.05) is 22.6 Å². The summed E-state index contributed by atoms with van der Waals surface area (Å²) in [6.07, 6.45) is 5.84. The molecule has 2 aromatic heterocycles. The Kier molecular flexibility index (Phi) is 6.67. The van der Waals surface area contributed by atoms with Crippen molar-refractivity contribution in [2.75, 3.05) is 7.11 Å². The van der Waals surface area contributed by atoms with Gasteiger partial charge in [-0.05, 0) is 78.6 Å². The number of ether oxygens (including phenoxy) is 1. The Morgan fingerprint density at radius 2 is 1.62 bits per heavy atom. The SMILES string of the molecule is COc1ccc(-c2ccccc2)c(-c2ccc3cc(-c4nc5cc(C(=O)O)ccc5n4C4CCCCC4)ccc3n2)c1. The lowest BCUT2D eigenvalue weighted by molar-refractivity contribution is 0.0697. The number of imidazole rings is 1. The summed E-state index contributed by atoms with van der Waals surface area (Å²) < 4.78 is 7.90. The van der Waals surface area contributed by atoms with Crippen LogP contribution in [0, 0.1) is 0 Å². The summed E-state index contributed by atoms with van der Waals surface area (Å²) in [7, 11) is 1.68. The van der Waals surface area contributed by atoms with Crippen LogP contribution in [0.25, 0.3) is 55.7 Å². The Bertz CT molecular complexity index is 1940. The Morgan fingerprint density at radius 1 is 0.786 bits per heavy atom. The molecule has 0 spiro atoms. The summed E-state index contributed by atoms with van der Waals surface area (Å²) >= 11 is 0. The lowest BCUT2D eigenvalue weighted by Crippen LogP contribution is -2.14. The van der Waals surface area contributed by atoms with E-state index >= 15 is 0 Å². The van der Waals surface area contributed by atoms with Crippen molar-refractivity contribution in [1.82, 2.24) is 14.5 Å². The van der Waals surface area contributed by atoms with Gasteiger partial charge in [-0.15, -0.1) is 0 Å². The average Bonchev–Trinajstić information content (AvgIpc) is 3.43. The van der Waals surface area contributed by atoms with Crippen LogP contribution in [0.5, 0.6) is 5.75 Å². The number of fused-ring (bicyclic) bond motifs is 2. The van der Waals surface area contributed by atoms with Crippen LogP contribution in [0.2, 0.25) is 0 Å². The third-order valence-electron chi connectivity index (χ3n) is 8.41. The van der Waals surface area contributed by atoms with Gasteiger partial charge >= 0.3 is 5.97 Å². The molecule has 0 amide bonds. The molecule has 0 saturated heterocycles. The van der Waals surface area contributed by atoms with Crippen LogP contribution in [0.1, 0.15) is 48.5 Å². The number of methoxy groups -OCH3 is 1. The minimum Gasteiger partial charge on any atom is -0.497 e. The van der Waals surface area contributed by atoms with E-state index in [1.807, 2.05) is 36.4 Å². The average molecular weight is 554 g/mol. The van der Waals surface area contributed by atoms with Gasteiger partial charge in [0.05, 0.1) is 34.9 Å². The predicted octanol–water partition coefficient (Wildman–Crippen LogP) is 8.80. The topological polar surface area (TPSA) is 77.2 Å². The molecule has 0 unspecified atom stereocenters. The molecule has 1 aliphatic rings. The number of aromatic carboxylic acids is 1. The third-order valence-corrected chi connectivity index (χ3v) is 8.41. The Hall–Kier alpha value is -4.97. The minimum absolute atomic E-state index is 0.255. The van der Waals surface area contributed by atoms with Crippen LogP contribution in [-0.2, 0) is 0 Å². The fraction of sp³-hybridized carbons (Fsp3) is 0.194. The molecule has 4 aromatic carbocycles. The normalized spacial score (nSPS) is 13.9. The van der Waals surface area contributed by atoms with Gasteiger partial charge in [0.15, 0.2) is 0 Å². The molecular formula is C36H31N3O3. The van der Waals surface area contributed by atoms with Gasteiger partial charge in [-0.3, -0.25) is 0 Å². The number of hydrogen-bond donors (Lipinski definition) is 1. The van der Waals surface area contributed by atoms with E-state index in [1.54, 1.807) is 19.2 Å². The van der Waals surface area contributed by atoms with E-state index in [2.05, 4.69) is 53.1 Å². The fourth-order valence-corrected chi connectivity index (χ4v) is 6.29. The van der Waals surface area contributed by atoms with Crippen molar-refractivity contribution < 1.29 is 14.6 Å². The van der Waals surface area contributed by atoms with E-state index in [0.29, 0.717) is 6.04 Å². The molecule has 0 aliphatic heterocycles. The second-order valence-electron chi connectivity index (χ2n) is 11.0. The molecule has 1 N–H and O–H groups in total. The van der Waals surface area contributed by atoms with Crippen LogP contribution in [0.3, 0.4) is 0 Å². The maximum absolute atomic E-state index is 11.7. The van der Waals surface area contributed by atoms with E-state index in [9.17, 15) is 9.90 Å². The first-order valence-corrected chi connectivity index (χ1v) is 14.5. The van der Waals surface area contributed by atoms with Gasteiger partial charge in [0.1, 0.15) is 11.6 Å². The number of pyridine rings is 1. The van der Waals surface area contributed by atoms with E-state index in [1.165, 1.54) is 19.3 Å². The number of hydrogen-bond acceptors (Lipinski definition) is 4. The van der Waals surface area contributed by atoms with E-state index in [-0.39, 0.29) is 5.56 Å². The first-order valence-electron chi connectivity index (χ1n) is 14.5. The summed E-state index contributed by atoms with van der Waals surface area (Å²) in [5, 5.41) is 10.6. The zero-order valence-electron chi connectivity index (χ0n) is 23.5. The summed E-state index contributed by atoms with van der Waals surface area (Å²) in [6, 6.07) is 32.5. The van der Waals surface area contributed by atoms with Crippen molar-refractivity contribution in [2.24, 2.45) is 0 Å². The molecule has 1 aliphatic carbocycles. The number of carboxylic acids is 1. The lowest BCUT2D eigenvalue weighted by Gasteiger charge is -2.25. The van der Waals surface area contributed by atoms with Gasteiger partial charge in [-0.2, -0.15) is 0 Å². The van der Waals surface area contributed by atoms with Crippen molar-refractivity contribution in [3.8, 4) is 39.5 Å². The maximum Gasteiger partial charge on any atom is 0.335 e. The van der Waals surface area contributed by atoms with E-state index in [0.717, 1.165) is 74.3 Å². The molecule has 6 heteroatoms. The quantitative estimate of drug-likeness (QED) is 0.223. The summed E-state index contributed by atoms with van der Waals surface area (Å²) in [5.74, 6) is 0.726. The first-order chi connectivity index (χ1) is 20.6. The number of carbonyl (C=O) groups is 1. The van der Waals surface area contributed by atoms with Gasteiger partial charge in [0.25, 0.3) is 0 Å². The van der Waals surface area contributed by atoms with Crippen molar-refractivity contribution in [2.45, 2.75) is 38.1 Å². The highest BCUT2D eigenvalue weighted by Gasteiger charge is 2.23.